The summed E-state index contributed by atoms with van der Waals surface area (Å²) < 4.78 is 11.0. The van der Waals surface area contributed by atoms with E-state index in [1.807, 2.05) is 6.07 Å². The fraction of sp³-hybridized carbons (Fsp3) is 0.107. The monoisotopic (exact) mass is 483 g/mol. The summed E-state index contributed by atoms with van der Waals surface area (Å²) in [5.74, 6) is -2.42. The number of esters is 1. The van der Waals surface area contributed by atoms with Gasteiger partial charge in [-0.15, -0.1) is 0 Å². The number of hydrogen-bond donors (Lipinski definition) is 3. The van der Waals surface area contributed by atoms with Crippen molar-refractivity contribution in [3.8, 4) is 22.8 Å². The van der Waals surface area contributed by atoms with Gasteiger partial charge in [-0.25, -0.2) is 0 Å². The zero-order valence-corrected chi connectivity index (χ0v) is 19.1. The maximum Gasteiger partial charge on any atom is 0.306 e. The number of carbonyl (C=O) groups is 1. The summed E-state index contributed by atoms with van der Waals surface area (Å²) in [6, 6.07) is 19.8. The second-order valence-electron chi connectivity index (χ2n) is 8.35. The zero-order chi connectivity index (χ0) is 25.4. The van der Waals surface area contributed by atoms with Crippen LogP contribution in [0.15, 0.2) is 86.8 Å². The predicted octanol–water partition coefficient (Wildman–Crippen LogP) is 4.41. The number of ether oxygens (including phenoxy) is 1. The van der Waals surface area contributed by atoms with E-state index in [0.717, 1.165) is 6.07 Å². The van der Waals surface area contributed by atoms with Crippen LogP contribution in [0, 0.1) is 0 Å². The Kier molecular flexibility index (Phi) is 5.77. The number of pyridine rings is 1. The first-order valence-corrected chi connectivity index (χ1v) is 11.1. The molecule has 0 fully saturated rings. The van der Waals surface area contributed by atoms with E-state index in [-0.39, 0.29) is 34.3 Å². The third-order valence-electron chi connectivity index (χ3n) is 6.16. The Morgan fingerprint density at radius 1 is 0.972 bits per heavy atom. The number of benzene rings is 3. The lowest BCUT2D eigenvalue weighted by atomic mass is 9.86. The Bertz CT molecular complexity index is 1740. The van der Waals surface area contributed by atoms with Crippen LogP contribution in [0.4, 0.5) is 0 Å². The number of phenolic OH excluding ortho intramolecular Hbond substituents is 2. The minimum Gasteiger partial charge on any atom is -0.507 e. The van der Waals surface area contributed by atoms with Crippen LogP contribution in [0.3, 0.4) is 0 Å². The molecular formula is C28H21NO7. The minimum atomic E-state index is -1.05. The summed E-state index contributed by atoms with van der Waals surface area (Å²) >= 11 is 0. The predicted molar refractivity (Wildman–Crippen MR) is 134 cm³/mol. The maximum absolute atomic E-state index is 13.2. The van der Waals surface area contributed by atoms with E-state index in [9.17, 15) is 24.6 Å². The number of nitrogens with one attached hydrogen (secondary N) is 1. The largest absolute Gasteiger partial charge is 0.507 e. The first-order chi connectivity index (χ1) is 17.4. The second-order valence-corrected chi connectivity index (χ2v) is 8.35. The average Bonchev–Trinajstić information content (AvgIpc) is 2.87. The van der Waals surface area contributed by atoms with Crippen LogP contribution < -0.4 is 11.0 Å². The molecule has 3 aromatic carbocycles. The number of rotatable bonds is 5. The number of aromatic nitrogens is 1. The number of para-hydroxylation sites is 1. The fourth-order valence-corrected chi connectivity index (χ4v) is 4.44. The van der Waals surface area contributed by atoms with Gasteiger partial charge in [0.15, 0.2) is 5.43 Å². The number of H-pyrrole nitrogens is 1. The summed E-state index contributed by atoms with van der Waals surface area (Å²) in [5.41, 5.74) is 0.223. The number of hydrogen-bond acceptors (Lipinski definition) is 7. The lowest BCUT2D eigenvalue weighted by Crippen LogP contribution is -2.20. The van der Waals surface area contributed by atoms with Gasteiger partial charge in [-0.2, -0.15) is 0 Å². The van der Waals surface area contributed by atoms with Crippen molar-refractivity contribution in [2.45, 2.75) is 12.3 Å². The standard InChI is InChI=1S/C28H21NO7/c1-35-24(33)12-17(18-11-16-9-5-6-10-19(16)29-28(18)34)25-20(30)13-21(31)26-22(32)14-23(36-27(25)26)15-7-3-2-4-8-15/h2-11,13-14,17,30-31H,12H2,1H3,(H,29,34)/t17-/m1/s1. The summed E-state index contributed by atoms with van der Waals surface area (Å²) in [5, 5.41) is 22.0. The molecule has 0 saturated carbocycles. The van der Waals surface area contributed by atoms with Crippen molar-refractivity contribution >= 4 is 27.8 Å². The number of phenols is 2. The first-order valence-electron chi connectivity index (χ1n) is 11.1. The molecule has 8 heteroatoms. The summed E-state index contributed by atoms with van der Waals surface area (Å²) in [6.07, 6.45) is -0.329. The SMILES string of the molecule is COC(=O)C[C@H](c1cc2ccccc2[nH]c1=O)c1c(O)cc(O)c2c(=O)cc(-c3ccccc3)oc12. The molecule has 3 N–H and O–H groups in total. The third kappa shape index (κ3) is 3.98. The molecule has 0 spiro atoms. The van der Waals surface area contributed by atoms with Crippen LogP contribution in [-0.4, -0.2) is 28.3 Å². The fourth-order valence-electron chi connectivity index (χ4n) is 4.44. The molecule has 0 aliphatic rings. The van der Waals surface area contributed by atoms with Gasteiger partial charge in [0.25, 0.3) is 5.56 Å². The van der Waals surface area contributed by atoms with Crippen molar-refractivity contribution in [2.24, 2.45) is 0 Å². The Morgan fingerprint density at radius 2 is 1.69 bits per heavy atom. The highest BCUT2D eigenvalue weighted by atomic mass is 16.5. The molecule has 0 unspecified atom stereocenters. The van der Waals surface area contributed by atoms with Gasteiger partial charge in [-0.3, -0.25) is 14.4 Å². The molecule has 2 aromatic heterocycles. The van der Waals surface area contributed by atoms with Crippen molar-refractivity contribution in [3.05, 3.63) is 105 Å². The van der Waals surface area contributed by atoms with Gasteiger partial charge >= 0.3 is 5.97 Å². The van der Waals surface area contributed by atoms with E-state index in [1.165, 1.54) is 13.2 Å². The van der Waals surface area contributed by atoms with Gasteiger partial charge in [0.1, 0.15) is 28.2 Å². The van der Waals surface area contributed by atoms with Crippen LogP contribution in [-0.2, 0) is 9.53 Å². The van der Waals surface area contributed by atoms with E-state index < -0.39 is 34.4 Å². The Balaban J connectivity index is 1.85. The van der Waals surface area contributed by atoms with E-state index in [2.05, 4.69) is 4.98 Å². The van der Waals surface area contributed by atoms with Gasteiger partial charge in [-0.05, 0) is 17.5 Å². The van der Waals surface area contributed by atoms with Crippen LogP contribution in [0.5, 0.6) is 11.5 Å². The van der Waals surface area contributed by atoms with Crippen molar-refractivity contribution < 1.29 is 24.2 Å². The van der Waals surface area contributed by atoms with Gasteiger partial charge in [0.05, 0.1) is 13.5 Å². The van der Waals surface area contributed by atoms with Gasteiger partial charge in [0, 0.05) is 40.3 Å². The van der Waals surface area contributed by atoms with E-state index in [4.69, 9.17) is 9.15 Å². The molecule has 8 nitrogen and oxygen atoms in total. The Hall–Kier alpha value is -4.85. The Morgan fingerprint density at radius 3 is 2.44 bits per heavy atom. The lowest BCUT2D eigenvalue weighted by molar-refractivity contribution is -0.140. The summed E-state index contributed by atoms with van der Waals surface area (Å²) in [7, 11) is 1.21. The van der Waals surface area contributed by atoms with Crippen molar-refractivity contribution in [1.82, 2.24) is 4.98 Å². The smallest absolute Gasteiger partial charge is 0.306 e. The Labute approximate surface area is 204 Å². The van der Waals surface area contributed by atoms with Crippen molar-refractivity contribution in [3.63, 3.8) is 0 Å². The first kappa shape index (κ1) is 22.9. The molecule has 1 atom stereocenters. The molecule has 0 saturated heterocycles. The molecule has 0 radical (unpaired) electrons. The topological polar surface area (TPSA) is 130 Å². The van der Waals surface area contributed by atoms with E-state index in [1.54, 1.807) is 54.6 Å². The summed E-state index contributed by atoms with van der Waals surface area (Å²) in [4.78, 5) is 41.5. The van der Waals surface area contributed by atoms with E-state index >= 15 is 0 Å². The number of methoxy groups -OCH3 is 1. The van der Waals surface area contributed by atoms with Crippen LogP contribution in [0.25, 0.3) is 33.2 Å². The number of aromatic hydroxyl groups is 2. The van der Waals surface area contributed by atoms with Gasteiger partial charge in [0.2, 0.25) is 0 Å². The van der Waals surface area contributed by atoms with Crippen LogP contribution >= 0.6 is 0 Å². The average molecular weight is 483 g/mol. The third-order valence-corrected chi connectivity index (χ3v) is 6.16. The van der Waals surface area contributed by atoms with Crippen molar-refractivity contribution in [2.75, 3.05) is 7.11 Å². The van der Waals surface area contributed by atoms with Crippen LogP contribution in [0.2, 0.25) is 0 Å². The molecular weight excluding hydrogens is 462 g/mol. The quantitative estimate of drug-likeness (QED) is 0.316. The van der Waals surface area contributed by atoms with E-state index in [0.29, 0.717) is 16.5 Å². The van der Waals surface area contributed by atoms with Gasteiger partial charge < -0.3 is 24.4 Å². The molecule has 0 bridgehead atoms. The summed E-state index contributed by atoms with van der Waals surface area (Å²) in [6.45, 7) is 0. The minimum absolute atomic E-state index is 0.0175. The maximum atomic E-state index is 13.2. The molecule has 5 aromatic rings. The molecule has 180 valence electrons. The number of fused-ring (bicyclic) bond motifs is 2. The molecule has 0 amide bonds. The molecule has 36 heavy (non-hydrogen) atoms. The van der Waals surface area contributed by atoms with Crippen LogP contribution in [0.1, 0.15) is 23.5 Å². The molecule has 0 aliphatic carbocycles. The zero-order valence-electron chi connectivity index (χ0n) is 19.1. The number of carbonyl (C=O) groups excluding carboxylic acids is 1. The number of aromatic amines is 1. The highest BCUT2D eigenvalue weighted by Gasteiger charge is 2.30. The highest BCUT2D eigenvalue weighted by Crippen LogP contribution is 2.42. The van der Waals surface area contributed by atoms with Crippen molar-refractivity contribution in [1.29, 1.82) is 0 Å². The molecule has 2 heterocycles. The van der Waals surface area contributed by atoms with Gasteiger partial charge in [-0.1, -0.05) is 48.5 Å². The lowest BCUT2D eigenvalue weighted by Gasteiger charge is -2.20. The normalized spacial score (nSPS) is 12.0. The highest BCUT2D eigenvalue weighted by molar-refractivity contribution is 5.91. The second kappa shape index (κ2) is 9.07. The molecule has 5 rings (SSSR count). The molecule has 0 aliphatic heterocycles.